The number of aromatic nitrogens is 1. The van der Waals surface area contributed by atoms with Gasteiger partial charge in [-0.1, -0.05) is 36.0 Å². The van der Waals surface area contributed by atoms with Crippen molar-refractivity contribution in [3.05, 3.63) is 108 Å². The Labute approximate surface area is 189 Å². The normalized spacial score (nSPS) is 18.2. The molecule has 7 heteroatoms. The molecule has 4 aromatic rings. The summed E-state index contributed by atoms with van der Waals surface area (Å²) in [5.74, 6) is 0.463. The quantitative estimate of drug-likeness (QED) is 0.371. The van der Waals surface area contributed by atoms with Gasteiger partial charge in [-0.2, -0.15) is 0 Å². The fourth-order valence-electron chi connectivity index (χ4n) is 3.68. The van der Waals surface area contributed by atoms with Crippen LogP contribution < -0.4 is 10.2 Å². The van der Waals surface area contributed by atoms with Crippen molar-refractivity contribution in [3.63, 3.8) is 0 Å². The van der Waals surface area contributed by atoms with Crippen molar-refractivity contribution in [3.8, 4) is 0 Å². The molecule has 0 spiro atoms. The fraction of sp³-hybridized carbons (Fsp3) is 0.0833. The van der Waals surface area contributed by atoms with Crippen molar-refractivity contribution in [1.82, 2.24) is 10.3 Å². The number of benzene rings is 2. The molecule has 0 radical (unpaired) electrons. The van der Waals surface area contributed by atoms with Gasteiger partial charge < -0.3 is 14.6 Å². The molecule has 1 N–H and O–H groups in total. The predicted molar refractivity (Wildman–Crippen MR) is 124 cm³/mol. The average molecular weight is 448 g/mol. The van der Waals surface area contributed by atoms with E-state index in [0.29, 0.717) is 5.11 Å². The van der Waals surface area contributed by atoms with Gasteiger partial charge in [-0.25, -0.2) is 4.39 Å². The molecule has 0 bridgehead atoms. The zero-order valence-corrected chi connectivity index (χ0v) is 17.9. The highest BCUT2D eigenvalue weighted by Crippen LogP contribution is 2.43. The van der Waals surface area contributed by atoms with Gasteiger partial charge in [0.1, 0.15) is 17.6 Å². The van der Waals surface area contributed by atoms with Crippen LogP contribution in [0.2, 0.25) is 0 Å². The molecule has 1 aliphatic rings. The molecule has 3 heterocycles. The van der Waals surface area contributed by atoms with E-state index in [1.807, 2.05) is 65.6 Å². The van der Waals surface area contributed by atoms with Crippen molar-refractivity contribution >= 4 is 34.8 Å². The number of rotatable bonds is 5. The predicted octanol–water partition coefficient (Wildman–Crippen LogP) is 6.14. The summed E-state index contributed by atoms with van der Waals surface area (Å²) < 4.78 is 19.8. The second-order valence-corrected chi connectivity index (χ2v) is 8.51. The zero-order valence-electron chi connectivity index (χ0n) is 16.3. The highest BCUT2D eigenvalue weighted by molar-refractivity contribution is 7.99. The Morgan fingerprint density at radius 1 is 0.935 bits per heavy atom. The minimum Gasteiger partial charge on any atom is -0.452 e. The number of anilines is 1. The van der Waals surface area contributed by atoms with Gasteiger partial charge in [0.15, 0.2) is 10.2 Å². The number of hydrogen-bond acceptors (Lipinski definition) is 4. The minimum absolute atomic E-state index is 0.209. The molecule has 31 heavy (non-hydrogen) atoms. The second-order valence-electron chi connectivity index (χ2n) is 7.04. The first kappa shape index (κ1) is 19.8. The maximum Gasteiger partial charge on any atom is 0.174 e. The standard InChI is InChI=1S/C24H18FN3OS2/c25-16-9-11-17(12-10-16)28-23(22(27-24(28)30)19-8-4-5-15-26-19)20-13-14-21(29-20)31-18-6-2-1-3-7-18/h1-15,22-23H,(H,27,30)/t22-,23-/m0/s1. The third-order valence-electron chi connectivity index (χ3n) is 5.06. The van der Waals surface area contributed by atoms with Crippen molar-refractivity contribution in [2.75, 3.05) is 4.90 Å². The maximum absolute atomic E-state index is 13.5. The van der Waals surface area contributed by atoms with Gasteiger partial charge in [-0.3, -0.25) is 4.98 Å². The van der Waals surface area contributed by atoms with E-state index < -0.39 is 0 Å². The van der Waals surface area contributed by atoms with Crippen LogP contribution in [-0.2, 0) is 0 Å². The number of pyridine rings is 1. The molecule has 0 saturated carbocycles. The summed E-state index contributed by atoms with van der Waals surface area (Å²) in [5, 5.41) is 4.71. The lowest BCUT2D eigenvalue weighted by atomic mass is 10.0. The largest absolute Gasteiger partial charge is 0.452 e. The van der Waals surface area contributed by atoms with Crippen LogP contribution in [0.1, 0.15) is 23.5 Å². The van der Waals surface area contributed by atoms with Crippen molar-refractivity contribution in [1.29, 1.82) is 0 Å². The van der Waals surface area contributed by atoms with Crippen LogP contribution in [0.3, 0.4) is 0 Å². The minimum atomic E-state index is -0.292. The van der Waals surface area contributed by atoms with Gasteiger partial charge in [-0.05, 0) is 72.9 Å². The molecule has 2 aromatic carbocycles. The summed E-state index contributed by atoms with van der Waals surface area (Å²) in [6.07, 6.45) is 1.76. The van der Waals surface area contributed by atoms with Gasteiger partial charge >= 0.3 is 0 Å². The monoisotopic (exact) mass is 447 g/mol. The molecule has 2 atom stereocenters. The SMILES string of the molecule is Fc1ccc(N2C(=S)N[C@@H](c3ccccn3)[C@@H]2c2ccc(Sc3ccccc3)o2)cc1. The zero-order chi connectivity index (χ0) is 21.2. The Morgan fingerprint density at radius 2 is 1.71 bits per heavy atom. The topological polar surface area (TPSA) is 41.3 Å². The molecular formula is C24H18FN3OS2. The van der Waals surface area contributed by atoms with E-state index in [2.05, 4.69) is 10.3 Å². The van der Waals surface area contributed by atoms with Gasteiger partial charge in [0.2, 0.25) is 0 Å². The van der Waals surface area contributed by atoms with Crippen LogP contribution >= 0.6 is 24.0 Å². The molecule has 1 aliphatic heterocycles. The van der Waals surface area contributed by atoms with E-state index in [1.54, 1.807) is 30.1 Å². The Hall–Kier alpha value is -3.16. The van der Waals surface area contributed by atoms with E-state index in [4.69, 9.17) is 16.6 Å². The molecule has 2 aromatic heterocycles. The van der Waals surface area contributed by atoms with E-state index >= 15 is 0 Å². The van der Waals surface area contributed by atoms with Crippen LogP contribution in [0, 0.1) is 5.82 Å². The number of nitrogens with zero attached hydrogens (tertiary/aromatic N) is 2. The first-order valence-corrected chi connectivity index (χ1v) is 11.0. The second kappa shape index (κ2) is 8.53. The number of thiocarbonyl (C=S) groups is 1. The summed E-state index contributed by atoms with van der Waals surface area (Å²) in [5.41, 5.74) is 1.64. The summed E-state index contributed by atoms with van der Waals surface area (Å²) in [7, 11) is 0. The van der Waals surface area contributed by atoms with Crippen LogP contribution in [0.5, 0.6) is 0 Å². The maximum atomic E-state index is 13.5. The summed E-state index contributed by atoms with van der Waals surface area (Å²) in [6, 6.07) is 25.6. The molecule has 0 aliphatic carbocycles. The molecule has 4 nitrogen and oxygen atoms in total. The number of furan rings is 1. The molecule has 1 fully saturated rings. The first-order valence-electron chi connectivity index (χ1n) is 9.78. The smallest absolute Gasteiger partial charge is 0.174 e. The average Bonchev–Trinajstić information content (AvgIpc) is 3.40. The molecule has 1 saturated heterocycles. The van der Waals surface area contributed by atoms with Crippen LogP contribution in [0.15, 0.2) is 106 Å². The molecule has 0 amide bonds. The molecule has 154 valence electrons. The Morgan fingerprint density at radius 3 is 2.45 bits per heavy atom. The summed E-state index contributed by atoms with van der Waals surface area (Å²) in [4.78, 5) is 7.59. The lowest BCUT2D eigenvalue weighted by Gasteiger charge is -2.26. The Bertz CT molecular complexity index is 1180. The fourth-order valence-corrected chi connectivity index (χ4v) is 4.82. The van der Waals surface area contributed by atoms with E-state index in [-0.39, 0.29) is 17.9 Å². The number of halogens is 1. The lowest BCUT2D eigenvalue weighted by molar-refractivity contribution is 0.383. The summed E-state index contributed by atoms with van der Waals surface area (Å²) in [6.45, 7) is 0. The van der Waals surface area contributed by atoms with Crippen LogP contribution in [0.25, 0.3) is 0 Å². The van der Waals surface area contributed by atoms with Crippen molar-refractivity contribution in [2.24, 2.45) is 0 Å². The van der Waals surface area contributed by atoms with Crippen LogP contribution in [0.4, 0.5) is 10.1 Å². The Kier molecular flexibility index (Phi) is 5.44. The highest BCUT2D eigenvalue weighted by Gasteiger charge is 2.42. The van der Waals surface area contributed by atoms with E-state index in [9.17, 15) is 4.39 Å². The molecule has 5 rings (SSSR count). The van der Waals surface area contributed by atoms with Gasteiger partial charge in [-0.15, -0.1) is 0 Å². The van der Waals surface area contributed by atoms with Gasteiger partial charge in [0.05, 0.1) is 11.7 Å². The molecule has 0 unspecified atom stereocenters. The highest BCUT2D eigenvalue weighted by atomic mass is 32.2. The van der Waals surface area contributed by atoms with E-state index in [0.717, 1.165) is 27.1 Å². The van der Waals surface area contributed by atoms with E-state index in [1.165, 1.54) is 12.1 Å². The van der Waals surface area contributed by atoms with Crippen molar-refractivity contribution < 1.29 is 8.81 Å². The summed E-state index contributed by atoms with van der Waals surface area (Å²) >= 11 is 7.23. The lowest BCUT2D eigenvalue weighted by Crippen LogP contribution is -2.29. The molecular weight excluding hydrogens is 429 g/mol. The Balaban J connectivity index is 1.53. The van der Waals surface area contributed by atoms with Gasteiger partial charge in [0, 0.05) is 16.8 Å². The van der Waals surface area contributed by atoms with Crippen LogP contribution in [-0.4, -0.2) is 10.1 Å². The van der Waals surface area contributed by atoms with Gasteiger partial charge in [0.25, 0.3) is 0 Å². The first-order chi connectivity index (χ1) is 15.2. The third kappa shape index (κ3) is 4.06. The third-order valence-corrected chi connectivity index (χ3v) is 6.30. The number of hydrogen-bond donors (Lipinski definition) is 1. The van der Waals surface area contributed by atoms with Crippen molar-refractivity contribution in [2.45, 2.75) is 22.1 Å². The number of nitrogens with one attached hydrogen (secondary N) is 1.